The van der Waals surface area contributed by atoms with Crippen LogP contribution in [0.4, 0.5) is 0 Å². The van der Waals surface area contributed by atoms with Crippen LogP contribution in [0.1, 0.15) is 24.8 Å². The summed E-state index contributed by atoms with van der Waals surface area (Å²) in [6, 6.07) is 8.14. The highest BCUT2D eigenvalue weighted by Crippen LogP contribution is 2.52. The summed E-state index contributed by atoms with van der Waals surface area (Å²) in [6.07, 6.45) is 1.80. The van der Waals surface area contributed by atoms with Gasteiger partial charge in [-0.1, -0.05) is 28.1 Å². The van der Waals surface area contributed by atoms with Gasteiger partial charge in [0.05, 0.1) is 18.1 Å². The predicted octanol–water partition coefficient (Wildman–Crippen LogP) is 2.03. The third-order valence-corrected chi connectivity index (χ3v) is 4.26. The zero-order chi connectivity index (χ0) is 12.0. The number of nitrogens with zero attached hydrogens (tertiary/aromatic N) is 1. The van der Waals surface area contributed by atoms with E-state index in [0.717, 1.165) is 17.3 Å². The molecule has 1 N–H and O–H groups in total. The van der Waals surface area contributed by atoms with E-state index in [1.54, 1.807) is 0 Å². The number of carbonyl (C=O) groups is 1. The number of likely N-dealkylation sites (tertiary alicyclic amines) is 1. The van der Waals surface area contributed by atoms with E-state index in [1.165, 1.54) is 5.56 Å². The lowest BCUT2D eigenvalue weighted by Gasteiger charge is -2.28. The standard InChI is InChI=1S/C13H14BrNO2/c14-10-3-1-9(2-4-10)13(5-6-13)15-8-11(16)7-12(15)17/h1-4,11,16H,5-8H2. The first-order valence-corrected chi connectivity index (χ1v) is 6.66. The summed E-state index contributed by atoms with van der Waals surface area (Å²) in [5, 5.41) is 9.58. The van der Waals surface area contributed by atoms with Crippen molar-refractivity contribution in [2.75, 3.05) is 6.54 Å². The van der Waals surface area contributed by atoms with Gasteiger partial charge in [-0.2, -0.15) is 0 Å². The van der Waals surface area contributed by atoms with Crippen molar-refractivity contribution in [3.63, 3.8) is 0 Å². The molecule has 1 saturated heterocycles. The molecule has 1 aliphatic heterocycles. The smallest absolute Gasteiger partial charge is 0.226 e. The molecule has 1 aliphatic carbocycles. The molecule has 0 radical (unpaired) electrons. The topological polar surface area (TPSA) is 40.5 Å². The molecule has 1 unspecified atom stereocenters. The maximum absolute atomic E-state index is 11.9. The fourth-order valence-electron chi connectivity index (χ4n) is 2.70. The van der Waals surface area contributed by atoms with Crippen molar-refractivity contribution < 1.29 is 9.90 Å². The summed E-state index contributed by atoms with van der Waals surface area (Å²) in [5.41, 5.74) is 1.05. The van der Waals surface area contributed by atoms with Gasteiger partial charge in [-0.15, -0.1) is 0 Å². The van der Waals surface area contributed by atoms with Gasteiger partial charge in [0.15, 0.2) is 0 Å². The largest absolute Gasteiger partial charge is 0.391 e. The van der Waals surface area contributed by atoms with Gasteiger partial charge in [0.2, 0.25) is 5.91 Å². The molecular weight excluding hydrogens is 282 g/mol. The van der Waals surface area contributed by atoms with Crippen LogP contribution in [0.25, 0.3) is 0 Å². The monoisotopic (exact) mass is 295 g/mol. The Hall–Kier alpha value is -0.870. The molecule has 1 heterocycles. The highest BCUT2D eigenvalue weighted by molar-refractivity contribution is 9.10. The quantitative estimate of drug-likeness (QED) is 0.907. The summed E-state index contributed by atoms with van der Waals surface area (Å²) in [6.45, 7) is 0.481. The Balaban J connectivity index is 1.91. The number of benzene rings is 1. The predicted molar refractivity (Wildman–Crippen MR) is 67.4 cm³/mol. The van der Waals surface area contributed by atoms with Crippen molar-refractivity contribution in [2.45, 2.75) is 30.9 Å². The van der Waals surface area contributed by atoms with E-state index in [0.29, 0.717) is 6.54 Å². The minimum absolute atomic E-state index is 0.0814. The van der Waals surface area contributed by atoms with Crippen LogP contribution in [0.2, 0.25) is 0 Å². The zero-order valence-corrected chi connectivity index (χ0v) is 11.0. The molecular formula is C13H14BrNO2. The Kier molecular flexibility index (Phi) is 2.52. The number of halogens is 1. The van der Waals surface area contributed by atoms with Crippen LogP contribution in [0.3, 0.4) is 0 Å². The fraction of sp³-hybridized carbons (Fsp3) is 0.462. The maximum Gasteiger partial charge on any atom is 0.226 e. The molecule has 1 saturated carbocycles. The summed E-state index contributed by atoms with van der Waals surface area (Å²) in [4.78, 5) is 13.7. The Morgan fingerprint density at radius 1 is 1.29 bits per heavy atom. The molecule has 0 bridgehead atoms. The average molecular weight is 296 g/mol. The van der Waals surface area contributed by atoms with E-state index in [4.69, 9.17) is 0 Å². The number of hydrogen-bond donors (Lipinski definition) is 1. The molecule has 1 aromatic carbocycles. The van der Waals surface area contributed by atoms with Crippen LogP contribution >= 0.6 is 15.9 Å². The van der Waals surface area contributed by atoms with Crippen molar-refractivity contribution in [1.82, 2.24) is 4.90 Å². The molecule has 0 spiro atoms. The van der Waals surface area contributed by atoms with Crippen molar-refractivity contribution in [3.05, 3.63) is 34.3 Å². The van der Waals surface area contributed by atoms with Gasteiger partial charge in [0.1, 0.15) is 0 Å². The summed E-state index contributed by atoms with van der Waals surface area (Å²) in [7, 11) is 0. The molecule has 17 heavy (non-hydrogen) atoms. The van der Waals surface area contributed by atoms with E-state index in [1.807, 2.05) is 17.0 Å². The molecule has 0 aromatic heterocycles. The molecule has 90 valence electrons. The number of rotatable bonds is 2. The molecule has 1 atom stereocenters. The van der Waals surface area contributed by atoms with E-state index in [-0.39, 0.29) is 17.9 Å². The normalized spacial score (nSPS) is 26.4. The molecule has 1 aromatic rings. The van der Waals surface area contributed by atoms with Crippen molar-refractivity contribution >= 4 is 21.8 Å². The zero-order valence-electron chi connectivity index (χ0n) is 9.40. The van der Waals surface area contributed by atoms with Crippen LogP contribution < -0.4 is 0 Å². The number of aliphatic hydroxyl groups excluding tert-OH is 1. The van der Waals surface area contributed by atoms with Gasteiger partial charge in [-0.05, 0) is 30.5 Å². The third-order valence-electron chi connectivity index (χ3n) is 3.73. The van der Waals surface area contributed by atoms with Crippen molar-refractivity contribution in [3.8, 4) is 0 Å². The first-order chi connectivity index (χ1) is 8.12. The van der Waals surface area contributed by atoms with E-state index in [2.05, 4.69) is 28.1 Å². The van der Waals surface area contributed by atoms with Gasteiger partial charge in [0, 0.05) is 11.0 Å². The summed E-state index contributed by atoms with van der Waals surface area (Å²) in [5.74, 6) is 0.0814. The van der Waals surface area contributed by atoms with Gasteiger partial charge in [0.25, 0.3) is 0 Å². The highest BCUT2D eigenvalue weighted by Gasteiger charge is 2.53. The number of hydrogen-bond acceptors (Lipinski definition) is 2. The number of amides is 1. The molecule has 3 nitrogen and oxygen atoms in total. The first kappa shape index (κ1) is 11.2. The second-order valence-electron chi connectivity index (χ2n) is 4.90. The summed E-state index contributed by atoms with van der Waals surface area (Å²) < 4.78 is 1.05. The van der Waals surface area contributed by atoms with Crippen molar-refractivity contribution in [2.24, 2.45) is 0 Å². The number of carbonyl (C=O) groups excluding carboxylic acids is 1. The Labute approximate surface area is 109 Å². The van der Waals surface area contributed by atoms with E-state index < -0.39 is 6.10 Å². The summed E-state index contributed by atoms with van der Waals surface area (Å²) >= 11 is 3.42. The Morgan fingerprint density at radius 3 is 2.41 bits per heavy atom. The highest BCUT2D eigenvalue weighted by atomic mass is 79.9. The average Bonchev–Trinajstić information content (AvgIpc) is 3.01. The van der Waals surface area contributed by atoms with Crippen LogP contribution in [0.5, 0.6) is 0 Å². The first-order valence-electron chi connectivity index (χ1n) is 5.86. The van der Waals surface area contributed by atoms with Crippen LogP contribution in [0, 0.1) is 0 Å². The van der Waals surface area contributed by atoms with Gasteiger partial charge >= 0.3 is 0 Å². The number of β-amino-alcohol motifs (C(OH)–C–C–N with tert-alkyl or cyclic N) is 1. The minimum Gasteiger partial charge on any atom is -0.391 e. The van der Waals surface area contributed by atoms with Crippen LogP contribution in [-0.4, -0.2) is 28.6 Å². The molecule has 1 amide bonds. The van der Waals surface area contributed by atoms with Crippen molar-refractivity contribution in [1.29, 1.82) is 0 Å². The molecule has 4 heteroatoms. The molecule has 3 rings (SSSR count). The second-order valence-corrected chi connectivity index (χ2v) is 5.82. The SMILES string of the molecule is O=C1CC(O)CN1C1(c2ccc(Br)cc2)CC1. The lowest BCUT2D eigenvalue weighted by molar-refractivity contribution is -0.130. The molecule has 2 aliphatic rings. The minimum atomic E-state index is -0.490. The van der Waals surface area contributed by atoms with E-state index >= 15 is 0 Å². The van der Waals surface area contributed by atoms with Gasteiger partial charge in [-0.3, -0.25) is 4.79 Å². The van der Waals surface area contributed by atoms with Crippen LogP contribution in [0.15, 0.2) is 28.7 Å². The molecule has 2 fully saturated rings. The second kappa shape index (κ2) is 3.82. The number of aliphatic hydroxyl groups is 1. The van der Waals surface area contributed by atoms with Crippen LogP contribution in [-0.2, 0) is 10.3 Å². The Morgan fingerprint density at radius 2 is 1.94 bits per heavy atom. The maximum atomic E-state index is 11.9. The third kappa shape index (κ3) is 1.79. The van der Waals surface area contributed by atoms with Gasteiger partial charge in [-0.25, -0.2) is 0 Å². The lowest BCUT2D eigenvalue weighted by Crippen LogP contribution is -2.37. The Bertz CT molecular complexity index is 453. The van der Waals surface area contributed by atoms with Gasteiger partial charge < -0.3 is 10.0 Å². The van der Waals surface area contributed by atoms with E-state index in [9.17, 15) is 9.90 Å². The lowest BCUT2D eigenvalue weighted by atomic mass is 10.0. The fourth-order valence-corrected chi connectivity index (χ4v) is 2.96.